The summed E-state index contributed by atoms with van der Waals surface area (Å²) in [7, 11) is 0. The number of fused-ring (bicyclic) bond motifs is 1. The van der Waals surface area contributed by atoms with Crippen molar-refractivity contribution in [1.29, 1.82) is 0 Å². The Balaban J connectivity index is 1.19. The third kappa shape index (κ3) is 4.50. The molecule has 0 radical (unpaired) electrons. The van der Waals surface area contributed by atoms with Gasteiger partial charge in [-0.05, 0) is 48.6 Å². The zero-order chi connectivity index (χ0) is 23.7. The summed E-state index contributed by atoms with van der Waals surface area (Å²) in [4.78, 5) is 41.2. The molecule has 9 nitrogen and oxygen atoms in total. The molecule has 2 N–H and O–H groups in total. The SMILES string of the molecule is Cc1cc(CC(=O)N2CCC[C@H]2C(=O)NCc2ccc(-c3ccc4oc(=O)[nH]c4c3)cc2)on1. The Morgan fingerprint density at radius 3 is 2.71 bits per heavy atom. The van der Waals surface area contributed by atoms with Crippen LogP contribution >= 0.6 is 0 Å². The van der Waals surface area contributed by atoms with Gasteiger partial charge in [-0.15, -0.1) is 0 Å². The number of aromatic nitrogens is 2. The van der Waals surface area contributed by atoms with Crippen molar-refractivity contribution in [1.82, 2.24) is 20.4 Å². The van der Waals surface area contributed by atoms with Gasteiger partial charge in [0.2, 0.25) is 11.8 Å². The summed E-state index contributed by atoms with van der Waals surface area (Å²) in [6.45, 7) is 2.73. The van der Waals surface area contributed by atoms with E-state index in [1.165, 1.54) is 0 Å². The lowest BCUT2D eigenvalue weighted by atomic mass is 10.0. The molecule has 2 amide bonds. The molecule has 4 aromatic rings. The maximum Gasteiger partial charge on any atom is 0.417 e. The summed E-state index contributed by atoms with van der Waals surface area (Å²) in [5.74, 6) is -0.257. The summed E-state index contributed by atoms with van der Waals surface area (Å²) in [6, 6.07) is 14.6. The second-order valence-electron chi connectivity index (χ2n) is 8.50. The number of likely N-dealkylation sites (tertiary alicyclic amines) is 1. The van der Waals surface area contributed by atoms with E-state index in [1.807, 2.05) is 36.4 Å². The number of aryl methyl sites for hydroxylation is 1. The average Bonchev–Trinajstić information content (AvgIpc) is 3.56. The zero-order valence-electron chi connectivity index (χ0n) is 18.7. The molecule has 174 valence electrons. The molecule has 2 aromatic carbocycles. The van der Waals surface area contributed by atoms with Crippen molar-refractivity contribution in [3.8, 4) is 11.1 Å². The third-order valence-electron chi connectivity index (χ3n) is 6.05. The highest BCUT2D eigenvalue weighted by atomic mass is 16.5. The van der Waals surface area contributed by atoms with E-state index in [-0.39, 0.29) is 18.2 Å². The number of H-pyrrole nitrogens is 1. The van der Waals surface area contributed by atoms with Crippen LogP contribution in [0.3, 0.4) is 0 Å². The molecule has 1 aliphatic heterocycles. The third-order valence-corrected chi connectivity index (χ3v) is 6.05. The first-order chi connectivity index (χ1) is 16.5. The van der Waals surface area contributed by atoms with Gasteiger partial charge in [-0.25, -0.2) is 4.79 Å². The van der Waals surface area contributed by atoms with E-state index in [9.17, 15) is 14.4 Å². The lowest BCUT2D eigenvalue weighted by Crippen LogP contribution is -2.46. The fourth-order valence-corrected chi connectivity index (χ4v) is 4.34. The van der Waals surface area contributed by atoms with Crippen molar-refractivity contribution in [2.24, 2.45) is 0 Å². The van der Waals surface area contributed by atoms with Crippen molar-refractivity contribution in [2.45, 2.75) is 38.8 Å². The van der Waals surface area contributed by atoms with Crippen LogP contribution in [0.5, 0.6) is 0 Å². The van der Waals surface area contributed by atoms with Crippen LogP contribution in [0.2, 0.25) is 0 Å². The van der Waals surface area contributed by atoms with E-state index in [0.29, 0.717) is 36.4 Å². The van der Waals surface area contributed by atoms with Crippen molar-refractivity contribution in [2.75, 3.05) is 6.54 Å². The minimum Gasteiger partial charge on any atom is -0.408 e. The van der Waals surface area contributed by atoms with Crippen molar-refractivity contribution in [3.05, 3.63) is 76.1 Å². The molecule has 9 heteroatoms. The summed E-state index contributed by atoms with van der Waals surface area (Å²) in [5, 5.41) is 6.77. The molecular formula is C25H24N4O5. The van der Waals surface area contributed by atoms with E-state index in [2.05, 4.69) is 15.5 Å². The highest BCUT2D eigenvalue weighted by molar-refractivity contribution is 5.89. The van der Waals surface area contributed by atoms with Gasteiger partial charge in [-0.3, -0.25) is 14.6 Å². The number of rotatable bonds is 6. The van der Waals surface area contributed by atoms with E-state index in [4.69, 9.17) is 8.94 Å². The molecule has 5 rings (SSSR count). The van der Waals surface area contributed by atoms with E-state index < -0.39 is 11.8 Å². The Hall–Kier alpha value is -4.14. The van der Waals surface area contributed by atoms with Crippen LogP contribution in [-0.2, 0) is 22.6 Å². The number of hydrogen-bond acceptors (Lipinski definition) is 6. The monoisotopic (exact) mass is 460 g/mol. The summed E-state index contributed by atoms with van der Waals surface area (Å²) in [6.07, 6.45) is 1.54. The number of aromatic amines is 1. The van der Waals surface area contributed by atoms with Gasteiger partial charge in [-0.1, -0.05) is 35.5 Å². The first-order valence-corrected chi connectivity index (χ1v) is 11.2. The number of carbonyl (C=O) groups is 2. The van der Waals surface area contributed by atoms with Crippen LogP contribution in [0.4, 0.5) is 0 Å². The lowest BCUT2D eigenvalue weighted by Gasteiger charge is -2.23. The van der Waals surface area contributed by atoms with Gasteiger partial charge in [0.1, 0.15) is 11.8 Å². The number of nitrogens with one attached hydrogen (secondary N) is 2. The number of oxazole rings is 1. The number of nitrogens with zero attached hydrogens (tertiary/aromatic N) is 2. The van der Waals surface area contributed by atoms with Gasteiger partial charge in [0.25, 0.3) is 0 Å². The molecule has 1 aliphatic rings. The molecule has 0 bridgehead atoms. The lowest BCUT2D eigenvalue weighted by molar-refractivity contribution is -0.138. The van der Waals surface area contributed by atoms with Gasteiger partial charge in [0.05, 0.1) is 17.6 Å². The predicted molar refractivity (Wildman–Crippen MR) is 124 cm³/mol. The van der Waals surface area contributed by atoms with Crippen LogP contribution in [-0.4, -0.2) is 39.4 Å². The van der Waals surface area contributed by atoms with Gasteiger partial charge in [0.15, 0.2) is 5.58 Å². The van der Waals surface area contributed by atoms with Gasteiger partial charge in [0, 0.05) is 19.2 Å². The van der Waals surface area contributed by atoms with Crippen molar-refractivity contribution < 1.29 is 18.5 Å². The van der Waals surface area contributed by atoms with E-state index in [1.54, 1.807) is 24.0 Å². The minimum atomic E-state index is -0.478. The normalized spacial score (nSPS) is 15.7. The van der Waals surface area contributed by atoms with Crippen molar-refractivity contribution in [3.63, 3.8) is 0 Å². The molecule has 3 heterocycles. The van der Waals surface area contributed by atoms with E-state index in [0.717, 1.165) is 28.8 Å². The van der Waals surface area contributed by atoms with E-state index >= 15 is 0 Å². The number of benzene rings is 2. The number of amides is 2. The van der Waals surface area contributed by atoms with Crippen LogP contribution in [0.25, 0.3) is 22.2 Å². The molecule has 1 atom stereocenters. The van der Waals surface area contributed by atoms with Crippen LogP contribution in [0.15, 0.2) is 62.3 Å². The molecule has 1 saturated heterocycles. The molecule has 2 aromatic heterocycles. The number of carbonyl (C=O) groups excluding carboxylic acids is 2. The van der Waals surface area contributed by atoms with Gasteiger partial charge in [-0.2, -0.15) is 0 Å². The Morgan fingerprint density at radius 1 is 1.15 bits per heavy atom. The topological polar surface area (TPSA) is 121 Å². The second-order valence-corrected chi connectivity index (χ2v) is 8.50. The van der Waals surface area contributed by atoms with Crippen molar-refractivity contribution >= 4 is 22.9 Å². The Labute approximate surface area is 194 Å². The van der Waals surface area contributed by atoms with Crippen LogP contribution in [0, 0.1) is 6.92 Å². The molecule has 0 aliphatic carbocycles. The maximum atomic E-state index is 12.8. The Bertz CT molecular complexity index is 1400. The van der Waals surface area contributed by atoms with Crippen LogP contribution < -0.4 is 11.1 Å². The van der Waals surface area contributed by atoms with Crippen LogP contribution in [0.1, 0.15) is 29.9 Å². The highest BCUT2D eigenvalue weighted by Crippen LogP contribution is 2.24. The molecular weight excluding hydrogens is 436 g/mol. The fourth-order valence-electron chi connectivity index (χ4n) is 4.34. The Morgan fingerprint density at radius 2 is 1.94 bits per heavy atom. The average molecular weight is 460 g/mol. The van der Waals surface area contributed by atoms with Gasteiger partial charge >= 0.3 is 5.76 Å². The first kappa shape index (κ1) is 21.7. The fraction of sp³-hybridized carbons (Fsp3) is 0.280. The van der Waals surface area contributed by atoms with Gasteiger partial charge < -0.3 is 19.2 Å². The second kappa shape index (κ2) is 9.01. The minimum absolute atomic E-state index is 0.102. The molecule has 0 saturated carbocycles. The predicted octanol–water partition coefficient (Wildman–Crippen LogP) is 2.93. The zero-order valence-corrected chi connectivity index (χ0v) is 18.7. The molecule has 0 unspecified atom stereocenters. The Kier molecular flexibility index (Phi) is 5.75. The molecule has 1 fully saturated rings. The maximum absolute atomic E-state index is 12.8. The molecule has 0 spiro atoms. The molecule has 34 heavy (non-hydrogen) atoms. The highest BCUT2D eigenvalue weighted by Gasteiger charge is 2.34. The summed E-state index contributed by atoms with van der Waals surface area (Å²) >= 11 is 0. The largest absolute Gasteiger partial charge is 0.417 e. The standard InChI is InChI=1S/C25H24N4O5/c1-15-11-19(34-28-15)13-23(30)29-10-2-3-21(29)24(31)26-14-16-4-6-17(7-5-16)18-8-9-22-20(12-18)27-25(32)33-22/h4-9,11-12,21H,2-3,10,13-14H2,1H3,(H,26,31)(H,27,32)/t21-/m0/s1. The quantitative estimate of drug-likeness (QED) is 0.456. The smallest absolute Gasteiger partial charge is 0.408 e. The summed E-state index contributed by atoms with van der Waals surface area (Å²) in [5.41, 5.74) is 4.76. The summed E-state index contributed by atoms with van der Waals surface area (Å²) < 4.78 is 10.2. The number of hydrogen-bond donors (Lipinski definition) is 2. The first-order valence-electron chi connectivity index (χ1n) is 11.2.